The number of anilines is 1. The molecule has 1 aliphatic rings. The van der Waals surface area contributed by atoms with Gasteiger partial charge in [-0.05, 0) is 64.8 Å². The number of unbranched alkanes of at least 4 members (excludes halogenated alkanes) is 1. The lowest BCUT2D eigenvalue weighted by molar-refractivity contribution is -0.139. The van der Waals surface area contributed by atoms with E-state index < -0.39 is 11.9 Å². The molecule has 0 atom stereocenters. The van der Waals surface area contributed by atoms with Crippen LogP contribution in [-0.2, 0) is 19.1 Å². The number of rotatable bonds is 12. The normalized spacial score (nSPS) is 14.0. The number of allylic oxidation sites excluding steroid dienone is 1. The smallest absolute Gasteiger partial charge is 0.303 e. The van der Waals surface area contributed by atoms with E-state index >= 15 is 0 Å². The molecular formula is C28H40N6O6. The average Bonchev–Trinajstić information content (AvgIpc) is 2.88. The molecule has 1 aliphatic heterocycles. The summed E-state index contributed by atoms with van der Waals surface area (Å²) in [7, 11) is 0. The number of carbonyl (C=O) groups excluding carboxylic acids is 3. The third kappa shape index (κ3) is 13.9. The van der Waals surface area contributed by atoms with Crippen molar-refractivity contribution in [3.63, 3.8) is 0 Å². The summed E-state index contributed by atoms with van der Waals surface area (Å²) in [6, 6.07) is 6.86. The molecule has 0 aromatic heterocycles. The van der Waals surface area contributed by atoms with Gasteiger partial charge in [-0.15, -0.1) is 0 Å². The number of aliphatic imine (C=N–C) groups is 2. The van der Waals surface area contributed by atoms with Crippen molar-refractivity contribution in [3.8, 4) is 0 Å². The van der Waals surface area contributed by atoms with Crippen LogP contribution in [0.3, 0.4) is 0 Å². The third-order valence-electron chi connectivity index (χ3n) is 4.90. The summed E-state index contributed by atoms with van der Waals surface area (Å²) < 4.78 is 4.55. The molecule has 0 fully saturated rings. The van der Waals surface area contributed by atoms with E-state index in [0.29, 0.717) is 42.9 Å². The Bertz CT molecular complexity index is 1140. The zero-order valence-corrected chi connectivity index (χ0v) is 23.7. The van der Waals surface area contributed by atoms with Gasteiger partial charge in [-0.25, -0.2) is 4.99 Å². The Morgan fingerprint density at radius 3 is 2.40 bits per heavy atom. The highest BCUT2D eigenvalue weighted by molar-refractivity contribution is 6.47. The largest absolute Gasteiger partial charge is 0.481 e. The number of ether oxygens (including phenoxy) is 1. The van der Waals surface area contributed by atoms with Crippen molar-refractivity contribution >= 4 is 41.5 Å². The number of hydrogen-bond acceptors (Lipinski definition) is 8. The molecule has 12 nitrogen and oxygen atoms in total. The molecule has 2 rings (SSSR count). The highest BCUT2D eigenvalue weighted by Crippen LogP contribution is 2.14. The number of amides is 2. The van der Waals surface area contributed by atoms with Gasteiger partial charge in [0.05, 0.1) is 17.9 Å². The van der Waals surface area contributed by atoms with E-state index in [2.05, 4.69) is 30.7 Å². The van der Waals surface area contributed by atoms with Crippen LogP contribution in [0.5, 0.6) is 0 Å². The summed E-state index contributed by atoms with van der Waals surface area (Å²) in [6.45, 7) is 10.2. The number of benzene rings is 1. The van der Waals surface area contributed by atoms with Crippen LogP contribution in [-0.4, -0.2) is 59.6 Å². The first kappa shape index (κ1) is 33.5. The molecular weight excluding hydrogens is 516 g/mol. The average molecular weight is 557 g/mol. The van der Waals surface area contributed by atoms with Crippen molar-refractivity contribution < 1.29 is 29.0 Å². The monoisotopic (exact) mass is 556 g/mol. The first-order valence-electron chi connectivity index (χ1n) is 12.9. The molecule has 1 heterocycles. The molecule has 0 unspecified atom stereocenters. The van der Waals surface area contributed by atoms with Crippen LogP contribution in [0.4, 0.5) is 5.69 Å². The molecule has 40 heavy (non-hydrogen) atoms. The minimum Gasteiger partial charge on any atom is -0.481 e. The fourth-order valence-electron chi connectivity index (χ4n) is 3.00. The van der Waals surface area contributed by atoms with E-state index in [1.54, 1.807) is 37.4 Å². The van der Waals surface area contributed by atoms with Crippen molar-refractivity contribution in [2.24, 2.45) is 15.7 Å². The number of nitrogens with one attached hydrogen (secondary N) is 3. The number of nitrogens with two attached hydrogens (primary N) is 1. The maximum absolute atomic E-state index is 12.4. The van der Waals surface area contributed by atoms with Crippen molar-refractivity contribution in [2.45, 2.75) is 65.9 Å². The molecule has 1 aromatic rings. The van der Waals surface area contributed by atoms with Gasteiger partial charge in [0.1, 0.15) is 11.4 Å². The number of carboxylic acids is 1. The number of hydrogen-bond donors (Lipinski definition) is 5. The molecule has 12 heteroatoms. The highest BCUT2D eigenvalue weighted by atomic mass is 16.5. The molecule has 0 aliphatic carbocycles. The first-order valence-corrected chi connectivity index (χ1v) is 12.9. The van der Waals surface area contributed by atoms with Crippen molar-refractivity contribution in [3.05, 3.63) is 53.5 Å². The lowest BCUT2D eigenvalue weighted by Gasteiger charge is -2.17. The van der Waals surface area contributed by atoms with Crippen molar-refractivity contribution in [2.75, 3.05) is 18.4 Å². The van der Waals surface area contributed by atoms with Crippen LogP contribution < -0.4 is 21.7 Å². The van der Waals surface area contributed by atoms with E-state index in [9.17, 15) is 19.2 Å². The van der Waals surface area contributed by atoms with Gasteiger partial charge in [0.15, 0.2) is 5.71 Å². The topological polar surface area (TPSA) is 185 Å². The van der Waals surface area contributed by atoms with Crippen LogP contribution >= 0.6 is 0 Å². The van der Waals surface area contributed by atoms with E-state index in [1.165, 1.54) is 0 Å². The maximum atomic E-state index is 12.4. The number of aliphatic carboxylic acids is 1. The molecule has 6 N–H and O–H groups in total. The molecule has 0 saturated carbocycles. The summed E-state index contributed by atoms with van der Waals surface area (Å²) in [5.41, 5.74) is 7.90. The fraction of sp³-hybridized carbons (Fsp3) is 0.429. The van der Waals surface area contributed by atoms with Gasteiger partial charge in [-0.1, -0.05) is 19.4 Å². The first-order chi connectivity index (χ1) is 18.9. The summed E-state index contributed by atoms with van der Waals surface area (Å²) in [6.07, 6.45) is 5.74. The fourth-order valence-corrected chi connectivity index (χ4v) is 3.00. The second-order valence-electron chi connectivity index (χ2n) is 9.72. The van der Waals surface area contributed by atoms with Gasteiger partial charge in [-0.2, -0.15) is 4.99 Å². The van der Waals surface area contributed by atoms with Crippen LogP contribution in [0.25, 0.3) is 0 Å². The van der Waals surface area contributed by atoms with Crippen molar-refractivity contribution in [1.82, 2.24) is 10.6 Å². The molecule has 0 saturated heterocycles. The summed E-state index contributed by atoms with van der Waals surface area (Å²) in [5.74, 6) is -1.49. The standard InChI is InChI=1S/C23H30N6O4.C5H10O2/c1-3-4-6-19-21(23(33)28-15(2)24)29-18(14-27-19)13-26-17-10-8-16(9-11-17)22(32)25-12-5-7-20(30)31;1-5(2,3)7-4-6/h6,8-11,14,26-27H,3-5,7,12-13H2,1-2H3,(H,25,32)(H,30,31)(H2,24,28,33);4H,1-3H3/b19-6-;. The molecule has 2 amide bonds. The molecule has 0 radical (unpaired) electrons. The number of carboxylic acid groups (broad SMARTS) is 1. The summed E-state index contributed by atoms with van der Waals surface area (Å²) >= 11 is 0. The van der Waals surface area contributed by atoms with E-state index in [-0.39, 0.29) is 29.5 Å². The Balaban J connectivity index is 0.00000101. The van der Waals surface area contributed by atoms with Crippen molar-refractivity contribution in [1.29, 1.82) is 0 Å². The van der Waals surface area contributed by atoms with Crippen LogP contribution in [0, 0.1) is 0 Å². The predicted octanol–water partition coefficient (Wildman–Crippen LogP) is 3.12. The van der Waals surface area contributed by atoms with Gasteiger partial charge in [0, 0.05) is 30.4 Å². The van der Waals surface area contributed by atoms with Crippen LogP contribution in [0.1, 0.15) is 70.7 Å². The SMILES string of the molecule is CC(C)(C)OC=O.CCC/C=C1\NC=C(CNc2ccc(C(=O)NCCCC(=O)O)cc2)N=C1C(=O)N=C(C)N. The van der Waals surface area contributed by atoms with Gasteiger partial charge in [0.25, 0.3) is 18.3 Å². The van der Waals surface area contributed by atoms with E-state index in [0.717, 1.165) is 18.5 Å². The molecule has 0 bridgehead atoms. The zero-order chi connectivity index (χ0) is 30.1. The number of nitrogens with zero attached hydrogens (tertiary/aromatic N) is 2. The van der Waals surface area contributed by atoms with E-state index in [1.807, 2.05) is 33.8 Å². The zero-order valence-electron chi connectivity index (χ0n) is 23.7. The Labute approximate surface area is 234 Å². The minimum absolute atomic E-state index is 0.0116. The van der Waals surface area contributed by atoms with Gasteiger partial charge >= 0.3 is 5.97 Å². The summed E-state index contributed by atoms with van der Waals surface area (Å²) in [4.78, 5) is 52.9. The quantitative estimate of drug-likeness (QED) is 0.112. The number of carbonyl (C=O) groups is 4. The van der Waals surface area contributed by atoms with Gasteiger partial charge in [-0.3, -0.25) is 19.2 Å². The Hall–Kier alpha value is -4.48. The molecule has 1 aromatic carbocycles. The molecule has 0 spiro atoms. The Morgan fingerprint density at radius 2 is 1.88 bits per heavy atom. The van der Waals surface area contributed by atoms with Gasteiger partial charge < -0.3 is 31.5 Å². The third-order valence-corrected chi connectivity index (χ3v) is 4.90. The second-order valence-corrected chi connectivity index (χ2v) is 9.72. The van der Waals surface area contributed by atoms with Gasteiger partial charge in [0.2, 0.25) is 0 Å². The Morgan fingerprint density at radius 1 is 1.20 bits per heavy atom. The lowest BCUT2D eigenvalue weighted by Crippen LogP contribution is -2.28. The predicted molar refractivity (Wildman–Crippen MR) is 155 cm³/mol. The van der Waals surface area contributed by atoms with E-state index in [4.69, 9.17) is 10.8 Å². The summed E-state index contributed by atoms with van der Waals surface area (Å²) in [5, 5.41) is 17.6. The lowest BCUT2D eigenvalue weighted by atomic mass is 10.1. The number of amidine groups is 1. The second kappa shape index (κ2) is 17.2. The maximum Gasteiger partial charge on any atom is 0.303 e. The highest BCUT2D eigenvalue weighted by Gasteiger charge is 2.20. The van der Waals surface area contributed by atoms with Crippen LogP contribution in [0.2, 0.25) is 0 Å². The molecule has 218 valence electrons. The van der Waals surface area contributed by atoms with Crippen LogP contribution in [0.15, 0.2) is 57.9 Å². The Kier molecular flexibility index (Phi) is 14.4. The minimum atomic E-state index is -0.890.